The average molecular weight is 578 g/mol. The van der Waals surface area contributed by atoms with Crippen LogP contribution in [-0.4, -0.2) is 9.97 Å². The van der Waals surface area contributed by atoms with Crippen LogP contribution in [0, 0.1) is 0 Å². The maximum Gasteiger partial charge on any atom is 0.150 e. The Bertz CT molecular complexity index is 2140. The van der Waals surface area contributed by atoms with Gasteiger partial charge in [0.1, 0.15) is 5.82 Å². The fraction of sp³-hybridized carbons (Fsp3) is 0.105. The molecule has 1 aliphatic rings. The SMILES string of the molecule is CC1(C)c2ccc(C(F)c3cccc(-c4ccccn4)c3)cc2N(c2ccccn2)c2c1ccc1c2sc2ccccc21. The Labute approximate surface area is 253 Å². The number of nitrogens with zero attached hydrogens (tertiary/aromatic N) is 3. The summed E-state index contributed by atoms with van der Waals surface area (Å²) in [6.07, 6.45) is 2.28. The van der Waals surface area contributed by atoms with Gasteiger partial charge in [0.15, 0.2) is 6.17 Å². The number of rotatable bonds is 4. The summed E-state index contributed by atoms with van der Waals surface area (Å²) in [5.74, 6) is 0.815. The first kappa shape index (κ1) is 25.8. The van der Waals surface area contributed by atoms with Gasteiger partial charge in [0.25, 0.3) is 0 Å². The Balaban J connectivity index is 1.33. The summed E-state index contributed by atoms with van der Waals surface area (Å²) in [5.41, 5.74) is 7.10. The molecule has 4 heterocycles. The molecule has 5 heteroatoms. The van der Waals surface area contributed by atoms with Crippen LogP contribution in [-0.2, 0) is 5.41 Å². The van der Waals surface area contributed by atoms with Crippen molar-refractivity contribution in [1.29, 1.82) is 0 Å². The van der Waals surface area contributed by atoms with Crippen molar-refractivity contribution in [3.8, 4) is 11.3 Å². The number of pyridine rings is 2. The summed E-state index contributed by atoms with van der Waals surface area (Å²) >= 11 is 1.81. The molecule has 1 unspecified atom stereocenters. The second-order valence-electron chi connectivity index (χ2n) is 11.6. The van der Waals surface area contributed by atoms with Gasteiger partial charge < -0.3 is 0 Å². The third-order valence-electron chi connectivity index (χ3n) is 8.66. The molecule has 0 saturated carbocycles. The van der Waals surface area contributed by atoms with Gasteiger partial charge >= 0.3 is 0 Å². The number of alkyl halides is 1. The Morgan fingerprint density at radius 1 is 0.698 bits per heavy atom. The molecule has 0 saturated heterocycles. The molecule has 3 aromatic heterocycles. The predicted octanol–water partition coefficient (Wildman–Crippen LogP) is 10.7. The van der Waals surface area contributed by atoms with E-state index in [0.29, 0.717) is 11.1 Å². The third kappa shape index (κ3) is 4.07. The Morgan fingerprint density at radius 3 is 2.28 bits per heavy atom. The monoisotopic (exact) mass is 577 g/mol. The number of halogens is 1. The van der Waals surface area contributed by atoms with Gasteiger partial charge in [-0.1, -0.05) is 86.6 Å². The van der Waals surface area contributed by atoms with Crippen molar-refractivity contribution >= 4 is 48.7 Å². The summed E-state index contributed by atoms with van der Waals surface area (Å²) in [6, 6.07) is 38.6. The van der Waals surface area contributed by atoms with Crippen LogP contribution in [0.5, 0.6) is 0 Å². The molecule has 0 aliphatic carbocycles. The topological polar surface area (TPSA) is 29.0 Å². The number of benzene rings is 4. The Hall–Kier alpha value is -4.87. The van der Waals surface area contributed by atoms with Crippen LogP contribution >= 0.6 is 11.3 Å². The summed E-state index contributed by atoms with van der Waals surface area (Å²) in [5, 5.41) is 2.48. The highest BCUT2D eigenvalue weighted by molar-refractivity contribution is 7.26. The molecular formula is C38H28FN3S. The van der Waals surface area contributed by atoms with Gasteiger partial charge in [-0.05, 0) is 64.7 Å². The number of thiophene rings is 1. The lowest BCUT2D eigenvalue weighted by atomic mass is 9.73. The summed E-state index contributed by atoms with van der Waals surface area (Å²) < 4.78 is 19.0. The van der Waals surface area contributed by atoms with Crippen molar-refractivity contribution in [3.63, 3.8) is 0 Å². The molecule has 0 spiro atoms. The summed E-state index contributed by atoms with van der Waals surface area (Å²) in [7, 11) is 0. The van der Waals surface area contributed by atoms with Crippen molar-refractivity contribution in [2.24, 2.45) is 0 Å². The number of aromatic nitrogens is 2. The molecule has 43 heavy (non-hydrogen) atoms. The maximum atomic E-state index is 16.5. The third-order valence-corrected chi connectivity index (χ3v) is 9.86. The molecule has 3 nitrogen and oxygen atoms in total. The highest BCUT2D eigenvalue weighted by Gasteiger charge is 2.39. The highest BCUT2D eigenvalue weighted by Crippen LogP contribution is 2.56. The molecule has 0 bridgehead atoms. The minimum absolute atomic E-state index is 0.302. The molecular weight excluding hydrogens is 550 g/mol. The lowest BCUT2D eigenvalue weighted by molar-refractivity contribution is 0.402. The maximum absolute atomic E-state index is 16.5. The van der Waals surface area contributed by atoms with E-state index in [1.165, 1.54) is 25.7 Å². The van der Waals surface area contributed by atoms with Crippen molar-refractivity contribution in [3.05, 3.63) is 150 Å². The zero-order chi connectivity index (χ0) is 29.1. The zero-order valence-corrected chi connectivity index (χ0v) is 24.6. The number of anilines is 3. The van der Waals surface area contributed by atoms with E-state index in [4.69, 9.17) is 4.98 Å². The van der Waals surface area contributed by atoms with Gasteiger partial charge in [-0.3, -0.25) is 9.88 Å². The lowest BCUT2D eigenvalue weighted by Crippen LogP contribution is -2.31. The zero-order valence-electron chi connectivity index (χ0n) is 23.8. The quantitative estimate of drug-likeness (QED) is 0.208. The van der Waals surface area contributed by atoms with Gasteiger partial charge in [0.2, 0.25) is 0 Å². The molecule has 7 aromatic rings. The Kier molecular flexibility index (Phi) is 5.92. The standard InChI is InChI=1S/C38H28FN3S/c1-38(2)29-18-16-26(35(39)25-11-9-10-24(22-25)31-13-5-7-20-40-31)23-32(29)42(34-15-6-8-21-41-34)36-30(38)19-17-28-27-12-3-4-14-33(27)43-37(28)36/h3-23,35H,1-2H3. The van der Waals surface area contributed by atoms with E-state index in [-0.39, 0.29) is 5.41 Å². The fourth-order valence-electron chi connectivity index (χ4n) is 6.49. The molecule has 1 aliphatic heterocycles. The van der Waals surface area contributed by atoms with Crippen molar-refractivity contribution in [2.75, 3.05) is 4.90 Å². The number of hydrogen-bond acceptors (Lipinski definition) is 4. The second-order valence-corrected chi connectivity index (χ2v) is 12.6. The van der Waals surface area contributed by atoms with E-state index in [0.717, 1.165) is 34.0 Å². The fourth-order valence-corrected chi connectivity index (χ4v) is 7.73. The molecule has 0 N–H and O–H groups in total. The van der Waals surface area contributed by atoms with E-state index in [2.05, 4.69) is 66.2 Å². The molecule has 0 amide bonds. The molecule has 4 aromatic carbocycles. The van der Waals surface area contributed by atoms with Crippen LogP contribution < -0.4 is 4.90 Å². The minimum Gasteiger partial charge on any atom is -0.293 e. The molecule has 0 fully saturated rings. The number of hydrogen-bond donors (Lipinski definition) is 0. The van der Waals surface area contributed by atoms with Crippen LogP contribution in [0.2, 0.25) is 0 Å². The summed E-state index contributed by atoms with van der Waals surface area (Å²) in [6.45, 7) is 4.53. The van der Waals surface area contributed by atoms with E-state index in [1.54, 1.807) is 6.20 Å². The first-order valence-corrected chi connectivity index (χ1v) is 15.3. The van der Waals surface area contributed by atoms with Crippen LogP contribution in [0.15, 0.2) is 128 Å². The van der Waals surface area contributed by atoms with Crippen LogP contribution in [0.4, 0.5) is 21.6 Å². The minimum atomic E-state index is -1.30. The number of fused-ring (bicyclic) bond motifs is 6. The molecule has 1 atom stereocenters. The average Bonchev–Trinajstić information content (AvgIpc) is 3.44. The van der Waals surface area contributed by atoms with Crippen LogP contribution in [0.3, 0.4) is 0 Å². The Morgan fingerprint density at radius 2 is 1.47 bits per heavy atom. The van der Waals surface area contributed by atoms with E-state index < -0.39 is 6.17 Å². The summed E-state index contributed by atoms with van der Waals surface area (Å²) in [4.78, 5) is 11.5. The van der Waals surface area contributed by atoms with Crippen LogP contribution in [0.25, 0.3) is 31.4 Å². The van der Waals surface area contributed by atoms with Crippen molar-refractivity contribution in [2.45, 2.75) is 25.4 Å². The lowest BCUT2D eigenvalue weighted by Gasteiger charge is -2.42. The van der Waals surface area contributed by atoms with Gasteiger partial charge in [-0.2, -0.15) is 0 Å². The first-order valence-electron chi connectivity index (χ1n) is 14.5. The first-order chi connectivity index (χ1) is 21.0. The molecule has 208 valence electrons. The van der Waals surface area contributed by atoms with E-state index >= 15 is 4.39 Å². The van der Waals surface area contributed by atoms with Crippen LogP contribution in [0.1, 0.15) is 42.3 Å². The molecule has 0 radical (unpaired) electrons. The highest BCUT2D eigenvalue weighted by atomic mass is 32.1. The van der Waals surface area contributed by atoms with E-state index in [1.807, 2.05) is 90.3 Å². The van der Waals surface area contributed by atoms with E-state index in [9.17, 15) is 0 Å². The smallest absolute Gasteiger partial charge is 0.150 e. The van der Waals surface area contributed by atoms with Gasteiger partial charge in [-0.25, -0.2) is 9.37 Å². The molecule has 8 rings (SSSR count). The normalized spacial score (nSPS) is 14.4. The van der Waals surface area contributed by atoms with Gasteiger partial charge in [-0.15, -0.1) is 11.3 Å². The predicted molar refractivity (Wildman–Crippen MR) is 177 cm³/mol. The second kappa shape index (κ2) is 9.85. The van der Waals surface area contributed by atoms with Gasteiger partial charge in [0, 0.05) is 38.8 Å². The van der Waals surface area contributed by atoms with Crippen molar-refractivity contribution < 1.29 is 4.39 Å². The largest absolute Gasteiger partial charge is 0.293 e. The van der Waals surface area contributed by atoms with Gasteiger partial charge in [0.05, 0.1) is 21.8 Å². The van der Waals surface area contributed by atoms with Crippen molar-refractivity contribution in [1.82, 2.24) is 9.97 Å².